The molecule has 5 nitrogen and oxygen atoms in total. The molecule has 0 radical (unpaired) electrons. The third-order valence-electron chi connectivity index (χ3n) is 5.21. The lowest BCUT2D eigenvalue weighted by Gasteiger charge is -2.43. The first-order chi connectivity index (χ1) is 12.0. The van der Waals surface area contributed by atoms with Gasteiger partial charge in [0, 0.05) is 31.8 Å². The zero-order valence-corrected chi connectivity index (χ0v) is 16.5. The fraction of sp³-hybridized carbons (Fsp3) is 0.650. The number of guanidine groups is 1. The Morgan fingerprint density at radius 3 is 2.52 bits per heavy atom. The number of ether oxygens (including phenoxy) is 1. The van der Waals surface area contributed by atoms with E-state index in [2.05, 4.69) is 68.6 Å². The summed E-state index contributed by atoms with van der Waals surface area (Å²) in [5, 5.41) is 6.92. The summed E-state index contributed by atoms with van der Waals surface area (Å²) in [6, 6.07) is 6.55. The third kappa shape index (κ3) is 5.44. The van der Waals surface area contributed by atoms with E-state index >= 15 is 0 Å². The second-order valence-electron chi connectivity index (χ2n) is 7.21. The first kappa shape index (κ1) is 19.7. The van der Waals surface area contributed by atoms with Crippen molar-refractivity contribution in [2.75, 3.05) is 40.4 Å². The molecule has 0 aromatic heterocycles. The van der Waals surface area contributed by atoms with Gasteiger partial charge < -0.3 is 20.3 Å². The summed E-state index contributed by atoms with van der Waals surface area (Å²) in [4.78, 5) is 7.12. The second kappa shape index (κ2) is 9.20. The SMILES string of the molecule is CCNC(=NCc1ccc(C)cc1C)NCC1(N(C)C)CCOCC1. The minimum atomic E-state index is 0.133. The van der Waals surface area contributed by atoms with Gasteiger partial charge in [-0.2, -0.15) is 0 Å². The Labute approximate surface area is 152 Å². The Bertz CT molecular complexity index is 577. The van der Waals surface area contributed by atoms with E-state index in [1.165, 1.54) is 16.7 Å². The summed E-state index contributed by atoms with van der Waals surface area (Å²) in [5.74, 6) is 0.884. The summed E-state index contributed by atoms with van der Waals surface area (Å²) in [7, 11) is 4.32. The van der Waals surface area contributed by atoms with E-state index in [9.17, 15) is 0 Å². The number of rotatable bonds is 6. The topological polar surface area (TPSA) is 48.9 Å². The van der Waals surface area contributed by atoms with Crippen LogP contribution in [0.1, 0.15) is 36.5 Å². The predicted molar refractivity (Wildman–Crippen MR) is 105 cm³/mol. The smallest absolute Gasteiger partial charge is 0.191 e. The standard InChI is InChI=1S/C20H34N4O/c1-6-21-19(22-14-18-8-7-16(2)13-17(18)3)23-15-20(24(4)5)9-11-25-12-10-20/h7-8,13H,6,9-12,14-15H2,1-5H3,(H2,21,22,23). The van der Waals surface area contributed by atoms with Crippen LogP contribution in [0, 0.1) is 13.8 Å². The molecular formula is C20H34N4O. The predicted octanol–water partition coefficient (Wildman–Crippen LogP) is 2.47. The molecule has 0 spiro atoms. The molecule has 140 valence electrons. The van der Waals surface area contributed by atoms with Crippen molar-refractivity contribution in [1.82, 2.24) is 15.5 Å². The molecular weight excluding hydrogens is 312 g/mol. The van der Waals surface area contributed by atoms with Gasteiger partial charge in [0.25, 0.3) is 0 Å². The first-order valence-electron chi connectivity index (χ1n) is 9.30. The molecule has 1 heterocycles. The number of hydrogen-bond donors (Lipinski definition) is 2. The lowest BCUT2D eigenvalue weighted by Crippen LogP contribution is -2.57. The Hall–Kier alpha value is -1.59. The number of aliphatic imine (C=N–C) groups is 1. The van der Waals surface area contributed by atoms with E-state index in [1.54, 1.807) is 0 Å². The van der Waals surface area contributed by atoms with Crippen molar-refractivity contribution < 1.29 is 4.74 Å². The quantitative estimate of drug-likeness (QED) is 0.614. The maximum absolute atomic E-state index is 5.56. The molecule has 25 heavy (non-hydrogen) atoms. The largest absolute Gasteiger partial charge is 0.381 e. The van der Waals surface area contributed by atoms with Crippen LogP contribution in [0.15, 0.2) is 23.2 Å². The minimum Gasteiger partial charge on any atom is -0.381 e. The fourth-order valence-corrected chi connectivity index (χ4v) is 3.31. The van der Waals surface area contributed by atoms with Crippen molar-refractivity contribution in [3.05, 3.63) is 34.9 Å². The summed E-state index contributed by atoms with van der Waals surface area (Å²) in [6.45, 7) is 10.5. The Morgan fingerprint density at radius 1 is 1.20 bits per heavy atom. The van der Waals surface area contributed by atoms with Crippen LogP contribution in [-0.4, -0.2) is 56.8 Å². The number of nitrogens with one attached hydrogen (secondary N) is 2. The highest BCUT2D eigenvalue weighted by molar-refractivity contribution is 5.79. The molecule has 2 rings (SSSR count). The molecule has 1 aromatic rings. The molecule has 0 amide bonds. The maximum Gasteiger partial charge on any atom is 0.191 e. The lowest BCUT2D eigenvalue weighted by molar-refractivity contribution is -0.00501. The van der Waals surface area contributed by atoms with E-state index in [-0.39, 0.29) is 5.54 Å². The number of hydrogen-bond acceptors (Lipinski definition) is 3. The molecule has 0 bridgehead atoms. The molecule has 1 aliphatic rings. The molecule has 5 heteroatoms. The lowest BCUT2D eigenvalue weighted by atomic mass is 9.88. The maximum atomic E-state index is 5.56. The molecule has 1 fully saturated rings. The van der Waals surface area contributed by atoms with Crippen LogP contribution in [-0.2, 0) is 11.3 Å². The van der Waals surface area contributed by atoms with Crippen molar-refractivity contribution in [1.29, 1.82) is 0 Å². The average Bonchev–Trinajstić information content (AvgIpc) is 2.59. The highest BCUT2D eigenvalue weighted by atomic mass is 16.5. The van der Waals surface area contributed by atoms with Crippen LogP contribution in [0.25, 0.3) is 0 Å². The number of likely N-dealkylation sites (N-methyl/N-ethyl adjacent to an activating group) is 1. The van der Waals surface area contributed by atoms with Gasteiger partial charge in [0.2, 0.25) is 0 Å². The second-order valence-corrected chi connectivity index (χ2v) is 7.21. The summed E-state index contributed by atoms with van der Waals surface area (Å²) in [5.41, 5.74) is 4.00. The molecule has 1 saturated heterocycles. The molecule has 0 saturated carbocycles. The van der Waals surface area contributed by atoms with E-state index in [4.69, 9.17) is 9.73 Å². The summed E-state index contributed by atoms with van der Waals surface area (Å²) in [6.07, 6.45) is 2.09. The third-order valence-corrected chi connectivity index (χ3v) is 5.21. The Kier molecular flexibility index (Phi) is 7.26. The van der Waals surface area contributed by atoms with Gasteiger partial charge in [-0.05, 0) is 58.8 Å². The van der Waals surface area contributed by atoms with Crippen LogP contribution in [0.4, 0.5) is 0 Å². The molecule has 0 unspecified atom stereocenters. The van der Waals surface area contributed by atoms with Crippen LogP contribution in [0.3, 0.4) is 0 Å². The van der Waals surface area contributed by atoms with Crippen molar-refractivity contribution in [3.8, 4) is 0 Å². The molecule has 1 aliphatic heterocycles. The van der Waals surface area contributed by atoms with Gasteiger partial charge in [0.1, 0.15) is 0 Å². The molecule has 0 atom stereocenters. The van der Waals surface area contributed by atoms with Crippen LogP contribution >= 0.6 is 0 Å². The molecule has 1 aromatic carbocycles. The van der Waals surface area contributed by atoms with Crippen LogP contribution < -0.4 is 10.6 Å². The van der Waals surface area contributed by atoms with Crippen molar-refractivity contribution in [3.63, 3.8) is 0 Å². The monoisotopic (exact) mass is 346 g/mol. The molecule has 2 N–H and O–H groups in total. The van der Waals surface area contributed by atoms with Crippen LogP contribution in [0.5, 0.6) is 0 Å². The first-order valence-corrected chi connectivity index (χ1v) is 9.30. The zero-order chi connectivity index (χ0) is 18.3. The van der Waals surface area contributed by atoms with E-state index in [0.29, 0.717) is 6.54 Å². The average molecular weight is 347 g/mol. The fourth-order valence-electron chi connectivity index (χ4n) is 3.31. The van der Waals surface area contributed by atoms with Crippen molar-refractivity contribution in [2.45, 2.75) is 45.7 Å². The Balaban J connectivity index is 2.03. The van der Waals surface area contributed by atoms with Gasteiger partial charge in [-0.3, -0.25) is 0 Å². The van der Waals surface area contributed by atoms with Gasteiger partial charge in [-0.1, -0.05) is 23.8 Å². The van der Waals surface area contributed by atoms with E-state index in [1.807, 2.05) is 0 Å². The highest BCUT2D eigenvalue weighted by Gasteiger charge is 2.34. The normalized spacial score (nSPS) is 17.6. The Morgan fingerprint density at radius 2 is 1.92 bits per heavy atom. The van der Waals surface area contributed by atoms with E-state index in [0.717, 1.165) is 45.1 Å². The number of nitrogens with zero attached hydrogens (tertiary/aromatic N) is 2. The summed E-state index contributed by atoms with van der Waals surface area (Å²) >= 11 is 0. The van der Waals surface area contributed by atoms with Gasteiger partial charge in [-0.25, -0.2) is 4.99 Å². The van der Waals surface area contributed by atoms with Gasteiger partial charge in [0.15, 0.2) is 5.96 Å². The highest BCUT2D eigenvalue weighted by Crippen LogP contribution is 2.25. The summed E-state index contributed by atoms with van der Waals surface area (Å²) < 4.78 is 5.56. The van der Waals surface area contributed by atoms with Gasteiger partial charge in [0.05, 0.1) is 6.54 Å². The van der Waals surface area contributed by atoms with Gasteiger partial charge in [-0.15, -0.1) is 0 Å². The van der Waals surface area contributed by atoms with Crippen LogP contribution in [0.2, 0.25) is 0 Å². The van der Waals surface area contributed by atoms with E-state index < -0.39 is 0 Å². The van der Waals surface area contributed by atoms with Gasteiger partial charge >= 0.3 is 0 Å². The van der Waals surface area contributed by atoms with Crippen molar-refractivity contribution in [2.24, 2.45) is 4.99 Å². The number of aryl methyl sites for hydroxylation is 2. The minimum absolute atomic E-state index is 0.133. The van der Waals surface area contributed by atoms with Crippen molar-refractivity contribution >= 4 is 5.96 Å². The number of benzene rings is 1. The molecule has 0 aliphatic carbocycles. The zero-order valence-electron chi connectivity index (χ0n) is 16.5.